The molecule has 0 amide bonds. The van der Waals surface area contributed by atoms with Gasteiger partial charge in [0.25, 0.3) is 0 Å². The van der Waals surface area contributed by atoms with Crippen LogP contribution in [-0.4, -0.2) is 62.7 Å². The summed E-state index contributed by atoms with van der Waals surface area (Å²) in [4.78, 5) is 47.5. The van der Waals surface area contributed by atoms with Gasteiger partial charge in [0.05, 0.1) is 28.8 Å². The summed E-state index contributed by atoms with van der Waals surface area (Å²) in [6, 6.07) is 11.7. The number of nitrogens with one attached hydrogen (secondary N) is 1. The van der Waals surface area contributed by atoms with Crippen molar-refractivity contribution >= 4 is 29.7 Å². The summed E-state index contributed by atoms with van der Waals surface area (Å²) in [5.41, 5.74) is -1.97. The van der Waals surface area contributed by atoms with Crippen LogP contribution in [0.4, 0.5) is 0 Å². The largest absolute Gasteiger partial charge is 0.478 e. The van der Waals surface area contributed by atoms with Crippen LogP contribution in [0.1, 0.15) is 53.9 Å². The molecule has 30 heavy (non-hydrogen) atoms. The molecule has 2 aromatic carbocycles. The summed E-state index contributed by atoms with van der Waals surface area (Å²) >= 11 is 0. The molecule has 0 bridgehead atoms. The Labute approximate surface area is 170 Å². The predicted molar refractivity (Wildman–Crippen MR) is 105 cm³/mol. The smallest absolute Gasteiger partial charge is 0.336 e. The fraction of sp³-hybridized carbons (Fsp3) is 0.150. The zero-order valence-electron chi connectivity index (χ0n) is 15.7. The van der Waals surface area contributed by atoms with Crippen molar-refractivity contribution in [1.29, 1.82) is 0 Å². The Bertz CT molecular complexity index is 932. The quantitative estimate of drug-likeness (QED) is 0.489. The van der Waals surface area contributed by atoms with Crippen LogP contribution in [0.3, 0.4) is 0 Å². The summed E-state index contributed by atoms with van der Waals surface area (Å²) < 4.78 is 0. The topological polar surface area (TPSA) is 174 Å². The summed E-state index contributed by atoms with van der Waals surface area (Å²) in [6.45, 7) is 3.03. The van der Waals surface area contributed by atoms with E-state index in [2.05, 4.69) is 29.4 Å². The fourth-order valence-electron chi connectivity index (χ4n) is 2.63. The second-order valence-corrected chi connectivity index (χ2v) is 6.26. The molecule has 1 aliphatic rings. The number of nitrogens with zero attached hydrogens (tertiary/aromatic N) is 1. The molecule has 2 aromatic rings. The maximum Gasteiger partial charge on any atom is 0.336 e. The van der Waals surface area contributed by atoms with E-state index in [-0.39, 0.29) is 0 Å². The molecule has 156 valence electrons. The van der Waals surface area contributed by atoms with E-state index in [9.17, 15) is 19.2 Å². The van der Waals surface area contributed by atoms with E-state index in [1.165, 1.54) is 5.56 Å². The van der Waals surface area contributed by atoms with Crippen LogP contribution in [0.15, 0.2) is 47.5 Å². The van der Waals surface area contributed by atoms with Crippen molar-refractivity contribution in [1.82, 2.24) is 5.32 Å². The molecule has 10 heteroatoms. The molecule has 0 saturated heterocycles. The molecule has 1 atom stereocenters. The zero-order valence-corrected chi connectivity index (χ0v) is 15.7. The van der Waals surface area contributed by atoms with Gasteiger partial charge >= 0.3 is 23.9 Å². The van der Waals surface area contributed by atoms with Gasteiger partial charge in [-0.25, -0.2) is 19.2 Å². The third-order valence-corrected chi connectivity index (χ3v) is 4.03. The van der Waals surface area contributed by atoms with Gasteiger partial charge in [-0.2, -0.15) is 0 Å². The molecular formula is C20H18N2O8. The predicted octanol–water partition coefficient (Wildman–Crippen LogP) is 1.90. The first kappa shape index (κ1) is 22.1. The van der Waals surface area contributed by atoms with Crippen molar-refractivity contribution in [3.63, 3.8) is 0 Å². The Hall–Kier alpha value is -4.21. The maximum absolute atomic E-state index is 10.8. The van der Waals surface area contributed by atoms with E-state index in [1.54, 1.807) is 0 Å². The standard InChI is InChI=1S/C10H12N2.C10H6O8/c1-8-7-11-10(12-8)9-5-3-2-4-6-9;11-7(12)3-1-4(8(13)14)6(10(17)18)2-5(3)9(15)16/h2-6,8H,7H2,1H3,(H,11,12);1-2H,(H,11,12)(H,13,14)(H,15,16)(H,17,18). The van der Waals surface area contributed by atoms with Crippen LogP contribution in [0.25, 0.3) is 0 Å². The Morgan fingerprint density at radius 3 is 1.50 bits per heavy atom. The highest BCUT2D eigenvalue weighted by molar-refractivity contribution is 6.09. The number of rotatable bonds is 5. The minimum Gasteiger partial charge on any atom is -0.478 e. The molecule has 10 nitrogen and oxygen atoms in total. The first-order chi connectivity index (χ1) is 14.1. The lowest BCUT2D eigenvalue weighted by atomic mass is 9.98. The summed E-state index contributed by atoms with van der Waals surface area (Å²) in [6.07, 6.45) is 0. The van der Waals surface area contributed by atoms with Crippen molar-refractivity contribution in [2.24, 2.45) is 4.99 Å². The number of benzene rings is 2. The highest BCUT2D eigenvalue weighted by Crippen LogP contribution is 2.18. The van der Waals surface area contributed by atoms with Crippen LogP contribution >= 0.6 is 0 Å². The molecule has 0 saturated carbocycles. The zero-order chi connectivity index (χ0) is 22.4. The number of amidine groups is 1. The lowest BCUT2D eigenvalue weighted by molar-refractivity contribution is 0.0637. The van der Waals surface area contributed by atoms with Crippen LogP contribution in [-0.2, 0) is 0 Å². The second-order valence-electron chi connectivity index (χ2n) is 6.26. The number of carbonyl (C=O) groups is 4. The van der Waals surface area contributed by atoms with Gasteiger partial charge in [-0.1, -0.05) is 30.3 Å². The number of hydrogen-bond acceptors (Lipinski definition) is 6. The van der Waals surface area contributed by atoms with Crippen molar-refractivity contribution in [3.8, 4) is 0 Å². The third kappa shape index (κ3) is 5.19. The minimum absolute atomic E-state index is 0.486. The molecule has 3 rings (SSSR count). The van der Waals surface area contributed by atoms with E-state index in [0.29, 0.717) is 18.2 Å². The number of carboxylic acids is 4. The number of aliphatic imine (C=N–C) groups is 1. The SMILES string of the molecule is CC1CN=C(c2ccccc2)N1.O=C(O)c1cc(C(=O)O)c(C(=O)O)cc1C(=O)O. The number of hydrogen-bond donors (Lipinski definition) is 5. The van der Waals surface area contributed by atoms with Gasteiger partial charge in [-0.15, -0.1) is 0 Å². The van der Waals surface area contributed by atoms with Gasteiger partial charge in [0.2, 0.25) is 0 Å². The lowest BCUT2D eigenvalue weighted by Gasteiger charge is -2.06. The minimum atomic E-state index is -1.66. The molecule has 5 N–H and O–H groups in total. The van der Waals surface area contributed by atoms with Crippen LogP contribution in [0, 0.1) is 0 Å². The van der Waals surface area contributed by atoms with Crippen molar-refractivity contribution in [2.75, 3.05) is 6.54 Å². The average Bonchev–Trinajstić information content (AvgIpc) is 3.14. The van der Waals surface area contributed by atoms with Gasteiger partial charge in [-0.05, 0) is 19.1 Å². The molecular weight excluding hydrogens is 396 g/mol. The summed E-state index contributed by atoms with van der Waals surface area (Å²) in [5, 5.41) is 38.3. The van der Waals surface area contributed by atoms with Gasteiger partial charge < -0.3 is 25.7 Å². The molecule has 1 heterocycles. The van der Waals surface area contributed by atoms with Crippen molar-refractivity contribution in [2.45, 2.75) is 13.0 Å². The highest BCUT2D eigenvalue weighted by Gasteiger charge is 2.25. The second kappa shape index (κ2) is 9.32. The van der Waals surface area contributed by atoms with E-state index >= 15 is 0 Å². The van der Waals surface area contributed by atoms with E-state index in [4.69, 9.17) is 20.4 Å². The fourth-order valence-corrected chi connectivity index (χ4v) is 2.63. The first-order valence-corrected chi connectivity index (χ1v) is 8.59. The Kier molecular flexibility index (Phi) is 6.86. The van der Waals surface area contributed by atoms with Gasteiger partial charge in [0.15, 0.2) is 0 Å². The van der Waals surface area contributed by atoms with Gasteiger partial charge in [0.1, 0.15) is 5.84 Å². The Morgan fingerprint density at radius 1 is 0.800 bits per heavy atom. The lowest BCUT2D eigenvalue weighted by Crippen LogP contribution is -2.27. The number of aromatic carboxylic acids is 4. The first-order valence-electron chi connectivity index (χ1n) is 8.59. The average molecular weight is 414 g/mol. The van der Waals surface area contributed by atoms with Crippen molar-refractivity contribution < 1.29 is 39.6 Å². The van der Waals surface area contributed by atoms with Crippen molar-refractivity contribution in [3.05, 3.63) is 70.3 Å². The molecule has 0 spiro atoms. The van der Waals surface area contributed by atoms with Crippen LogP contribution in [0.5, 0.6) is 0 Å². The summed E-state index contributed by atoms with van der Waals surface area (Å²) in [5.74, 6) is -5.61. The molecule has 0 aliphatic carbocycles. The van der Waals surface area contributed by atoms with E-state index in [0.717, 1.165) is 12.4 Å². The van der Waals surface area contributed by atoms with Gasteiger partial charge in [-0.3, -0.25) is 4.99 Å². The molecule has 0 radical (unpaired) electrons. The van der Waals surface area contributed by atoms with Crippen LogP contribution in [0.2, 0.25) is 0 Å². The Balaban J connectivity index is 0.000000230. The number of carboxylic acid groups (broad SMARTS) is 4. The normalized spacial score (nSPS) is 14.6. The molecule has 0 fully saturated rings. The summed E-state index contributed by atoms with van der Waals surface area (Å²) in [7, 11) is 0. The Morgan fingerprint density at radius 2 is 1.20 bits per heavy atom. The van der Waals surface area contributed by atoms with Crippen LogP contribution < -0.4 is 5.32 Å². The highest BCUT2D eigenvalue weighted by atomic mass is 16.4. The van der Waals surface area contributed by atoms with Gasteiger partial charge in [0, 0.05) is 11.6 Å². The molecule has 0 aromatic heterocycles. The monoisotopic (exact) mass is 414 g/mol. The molecule has 1 unspecified atom stereocenters. The third-order valence-electron chi connectivity index (χ3n) is 4.03. The maximum atomic E-state index is 10.8. The molecule has 1 aliphatic heterocycles. The van der Waals surface area contributed by atoms with E-state index < -0.39 is 46.1 Å². The van der Waals surface area contributed by atoms with E-state index in [1.807, 2.05) is 18.2 Å².